The summed E-state index contributed by atoms with van der Waals surface area (Å²) in [5.41, 5.74) is 9.50. The lowest BCUT2D eigenvalue weighted by atomic mass is 10.1. The number of hydrogen-bond acceptors (Lipinski definition) is 3. The molecule has 1 aromatic heterocycles. The van der Waals surface area contributed by atoms with Crippen LogP contribution in [-0.2, 0) is 0 Å². The predicted octanol–water partition coefficient (Wildman–Crippen LogP) is 4.90. The van der Waals surface area contributed by atoms with Crippen LogP contribution >= 0.6 is 11.8 Å². The number of thioether (sulfide) groups is 1. The molecule has 1 heterocycles. The summed E-state index contributed by atoms with van der Waals surface area (Å²) in [5.74, 6) is 1.89. The second kappa shape index (κ2) is 5.96. The van der Waals surface area contributed by atoms with Gasteiger partial charge in [-0.2, -0.15) is 0 Å². The summed E-state index contributed by atoms with van der Waals surface area (Å²) in [7, 11) is 0. The van der Waals surface area contributed by atoms with Crippen LogP contribution in [0.5, 0.6) is 0 Å². The van der Waals surface area contributed by atoms with Gasteiger partial charge in [-0.3, -0.25) is 0 Å². The van der Waals surface area contributed by atoms with Gasteiger partial charge in [-0.15, -0.1) is 11.8 Å². The molecule has 1 atom stereocenters. The monoisotopic (exact) mass is 297 g/mol. The van der Waals surface area contributed by atoms with Gasteiger partial charge in [0.05, 0.1) is 6.04 Å². The van der Waals surface area contributed by atoms with E-state index in [2.05, 4.69) is 50.2 Å². The molecular formula is C18H19NOS. The minimum atomic E-state index is -0.225. The zero-order valence-electron chi connectivity index (χ0n) is 12.3. The van der Waals surface area contributed by atoms with Crippen LogP contribution < -0.4 is 5.73 Å². The van der Waals surface area contributed by atoms with Gasteiger partial charge in [0.25, 0.3) is 0 Å². The van der Waals surface area contributed by atoms with Crippen molar-refractivity contribution >= 4 is 22.7 Å². The van der Waals surface area contributed by atoms with Crippen molar-refractivity contribution in [2.45, 2.75) is 24.8 Å². The fourth-order valence-corrected chi connectivity index (χ4v) is 3.15. The lowest BCUT2D eigenvalue weighted by Crippen LogP contribution is -2.10. The van der Waals surface area contributed by atoms with E-state index in [1.54, 1.807) is 0 Å². The molecule has 0 amide bonds. The molecule has 0 aliphatic rings. The van der Waals surface area contributed by atoms with E-state index in [4.69, 9.17) is 10.2 Å². The summed E-state index contributed by atoms with van der Waals surface area (Å²) in [4.78, 5) is 1.27. The van der Waals surface area contributed by atoms with Crippen molar-refractivity contribution in [3.8, 4) is 0 Å². The summed E-state index contributed by atoms with van der Waals surface area (Å²) in [6.07, 6.45) is 0. The quantitative estimate of drug-likeness (QED) is 0.696. The van der Waals surface area contributed by atoms with Crippen molar-refractivity contribution in [2.24, 2.45) is 5.73 Å². The van der Waals surface area contributed by atoms with E-state index in [1.165, 1.54) is 4.90 Å². The van der Waals surface area contributed by atoms with E-state index >= 15 is 0 Å². The molecule has 1 unspecified atom stereocenters. The van der Waals surface area contributed by atoms with E-state index in [9.17, 15) is 0 Å². The highest BCUT2D eigenvalue weighted by Gasteiger charge is 2.15. The van der Waals surface area contributed by atoms with Crippen LogP contribution in [0.15, 0.2) is 57.8 Å². The number of nitrogens with two attached hydrogens (primary N) is 1. The van der Waals surface area contributed by atoms with Crippen molar-refractivity contribution in [3.63, 3.8) is 0 Å². The van der Waals surface area contributed by atoms with Crippen LogP contribution in [-0.4, -0.2) is 5.75 Å². The van der Waals surface area contributed by atoms with Gasteiger partial charge in [-0.25, -0.2) is 0 Å². The molecule has 0 bridgehead atoms. The van der Waals surface area contributed by atoms with Gasteiger partial charge in [0, 0.05) is 10.3 Å². The first kappa shape index (κ1) is 14.2. The van der Waals surface area contributed by atoms with Gasteiger partial charge in [-0.05, 0) is 42.0 Å². The van der Waals surface area contributed by atoms with Crippen molar-refractivity contribution in [1.82, 2.24) is 0 Å². The molecule has 0 saturated carbocycles. The first-order valence-electron chi connectivity index (χ1n) is 7.16. The minimum Gasteiger partial charge on any atom is -0.459 e. The number of aryl methyl sites for hydroxylation is 1. The van der Waals surface area contributed by atoms with Crippen LogP contribution in [0.2, 0.25) is 0 Å². The van der Waals surface area contributed by atoms with Gasteiger partial charge in [0.15, 0.2) is 0 Å². The third-order valence-electron chi connectivity index (χ3n) is 3.62. The number of fused-ring (bicyclic) bond motifs is 1. The maximum atomic E-state index is 6.35. The first-order valence-corrected chi connectivity index (χ1v) is 8.15. The summed E-state index contributed by atoms with van der Waals surface area (Å²) in [6.45, 7) is 4.21. The predicted molar refractivity (Wildman–Crippen MR) is 89.8 cm³/mol. The molecule has 108 valence electrons. The van der Waals surface area contributed by atoms with Crippen molar-refractivity contribution in [1.29, 1.82) is 0 Å². The fraction of sp³-hybridized carbons (Fsp3) is 0.222. The topological polar surface area (TPSA) is 39.2 Å². The van der Waals surface area contributed by atoms with Gasteiger partial charge >= 0.3 is 0 Å². The summed E-state index contributed by atoms with van der Waals surface area (Å²) >= 11 is 1.83. The van der Waals surface area contributed by atoms with E-state index in [1.807, 2.05) is 23.9 Å². The molecular weight excluding hydrogens is 278 g/mol. The van der Waals surface area contributed by atoms with Crippen molar-refractivity contribution < 1.29 is 4.42 Å². The second-order valence-corrected chi connectivity index (χ2v) is 6.46. The SMILES string of the molecule is CCSc1ccc(C(N)c2cc3cccc(C)c3o2)cc1. The molecule has 0 spiro atoms. The summed E-state index contributed by atoms with van der Waals surface area (Å²) in [5, 5.41) is 1.11. The Hall–Kier alpha value is -1.71. The van der Waals surface area contributed by atoms with Crippen molar-refractivity contribution in [3.05, 3.63) is 65.4 Å². The number of rotatable bonds is 4. The largest absolute Gasteiger partial charge is 0.459 e. The van der Waals surface area contributed by atoms with Gasteiger partial charge < -0.3 is 10.2 Å². The minimum absolute atomic E-state index is 0.225. The Labute approximate surface area is 129 Å². The number of furan rings is 1. The highest BCUT2D eigenvalue weighted by atomic mass is 32.2. The van der Waals surface area contributed by atoms with Gasteiger partial charge in [0.1, 0.15) is 11.3 Å². The Kier molecular flexibility index (Phi) is 4.04. The summed E-state index contributed by atoms with van der Waals surface area (Å²) in [6, 6.07) is 16.4. The highest BCUT2D eigenvalue weighted by molar-refractivity contribution is 7.99. The Bertz CT molecular complexity index is 746. The normalized spacial score (nSPS) is 12.7. The second-order valence-electron chi connectivity index (χ2n) is 5.12. The summed E-state index contributed by atoms with van der Waals surface area (Å²) < 4.78 is 5.96. The lowest BCUT2D eigenvalue weighted by Gasteiger charge is -2.09. The zero-order valence-corrected chi connectivity index (χ0v) is 13.1. The first-order chi connectivity index (χ1) is 10.2. The molecule has 0 saturated heterocycles. The lowest BCUT2D eigenvalue weighted by molar-refractivity contribution is 0.523. The third kappa shape index (κ3) is 2.85. The third-order valence-corrected chi connectivity index (χ3v) is 4.51. The Morgan fingerprint density at radius 3 is 2.57 bits per heavy atom. The Balaban J connectivity index is 1.92. The molecule has 0 aliphatic carbocycles. The average Bonchev–Trinajstić information content (AvgIpc) is 2.93. The Morgan fingerprint density at radius 1 is 1.14 bits per heavy atom. The van der Waals surface area contributed by atoms with Gasteiger partial charge in [0.2, 0.25) is 0 Å². The number of hydrogen-bond donors (Lipinski definition) is 1. The van der Waals surface area contributed by atoms with E-state index in [-0.39, 0.29) is 6.04 Å². The van der Waals surface area contributed by atoms with E-state index in [0.29, 0.717) is 0 Å². The standard InChI is InChI=1S/C18H19NOS/c1-3-21-15-9-7-13(8-10-15)17(19)16-11-14-6-4-5-12(2)18(14)20-16/h4-11,17H,3,19H2,1-2H3. The number of benzene rings is 2. The van der Waals surface area contributed by atoms with Crippen molar-refractivity contribution in [2.75, 3.05) is 5.75 Å². The molecule has 2 N–H and O–H groups in total. The van der Waals surface area contributed by atoms with Crippen LogP contribution in [0.25, 0.3) is 11.0 Å². The van der Waals surface area contributed by atoms with Crippen LogP contribution in [0.1, 0.15) is 29.9 Å². The molecule has 0 fully saturated rings. The average molecular weight is 297 g/mol. The smallest absolute Gasteiger partial charge is 0.137 e. The zero-order chi connectivity index (χ0) is 14.8. The molecule has 3 rings (SSSR count). The molecule has 2 nitrogen and oxygen atoms in total. The van der Waals surface area contributed by atoms with Crippen LogP contribution in [0, 0.1) is 6.92 Å². The van der Waals surface area contributed by atoms with Crippen LogP contribution in [0.3, 0.4) is 0 Å². The maximum absolute atomic E-state index is 6.35. The van der Waals surface area contributed by atoms with Gasteiger partial charge in [-0.1, -0.05) is 37.3 Å². The molecule has 21 heavy (non-hydrogen) atoms. The van der Waals surface area contributed by atoms with E-state index in [0.717, 1.165) is 33.6 Å². The molecule has 2 aromatic carbocycles. The fourth-order valence-electron chi connectivity index (χ4n) is 2.48. The number of para-hydroxylation sites is 1. The van der Waals surface area contributed by atoms with Crippen LogP contribution in [0.4, 0.5) is 0 Å². The molecule has 0 aliphatic heterocycles. The molecule has 3 heteroatoms. The highest BCUT2D eigenvalue weighted by Crippen LogP contribution is 2.29. The molecule has 3 aromatic rings. The molecule has 0 radical (unpaired) electrons. The Morgan fingerprint density at radius 2 is 1.90 bits per heavy atom. The maximum Gasteiger partial charge on any atom is 0.137 e. The van der Waals surface area contributed by atoms with E-state index < -0.39 is 0 Å².